The van der Waals surface area contributed by atoms with Crippen LogP contribution in [0.4, 0.5) is 0 Å². The van der Waals surface area contributed by atoms with Gasteiger partial charge in [-0.1, -0.05) is 139 Å². The van der Waals surface area contributed by atoms with Crippen LogP contribution in [0.25, 0.3) is 99.7 Å². The molecule has 0 atom stereocenters. The average molecular weight is 704 g/mol. The van der Waals surface area contributed by atoms with Crippen molar-refractivity contribution in [3.8, 4) is 45.1 Å². The normalized spacial score (nSPS) is 15.6. The minimum absolute atomic E-state index is 0.0554. The van der Waals surface area contributed by atoms with E-state index in [4.69, 9.17) is 23.7 Å². The minimum atomic E-state index is -0.748. The second kappa shape index (κ2) is 12.1. The lowest BCUT2D eigenvalue weighted by atomic mass is 10.0. The van der Waals surface area contributed by atoms with Crippen molar-refractivity contribution in [2.75, 3.05) is 0 Å². The zero-order valence-electron chi connectivity index (χ0n) is 43.1. The Morgan fingerprint density at radius 3 is 1.57 bits per heavy atom. The van der Waals surface area contributed by atoms with Crippen molar-refractivity contribution < 1.29 is 20.6 Å². The van der Waals surface area contributed by atoms with Crippen molar-refractivity contribution in [1.29, 1.82) is 0 Å². The standard InChI is InChI=1S/C50H32N4/c1-3-13-35(14-4-1)49-39-17-7-10-20-42(39)51-50(52-49)36-25-23-33(24-26-36)34-27-29-38(30-28-34)54-44-22-12-9-19-41(44)48-46(54)32-31-45-47(48)40-18-8-11-21-43(40)53(45)37-15-5-2-6-16-37/h1-32H/i2D,5D,6D,8D,9D,11D,12D,15D,16D,18D,19D,21D,22D,31D,32D. The van der Waals surface area contributed by atoms with E-state index in [1.165, 1.54) is 4.57 Å². The largest absolute Gasteiger partial charge is 0.309 e. The van der Waals surface area contributed by atoms with E-state index in [9.17, 15) is 6.85 Å². The van der Waals surface area contributed by atoms with E-state index in [1.54, 1.807) is 24.3 Å². The van der Waals surface area contributed by atoms with E-state index >= 15 is 0 Å². The van der Waals surface area contributed by atoms with Gasteiger partial charge in [0.2, 0.25) is 0 Å². The molecule has 0 aliphatic carbocycles. The molecule has 4 heteroatoms. The quantitative estimate of drug-likeness (QED) is 0.179. The molecule has 3 heterocycles. The van der Waals surface area contributed by atoms with Gasteiger partial charge in [0.15, 0.2) is 5.82 Å². The number of fused-ring (bicyclic) bond motifs is 8. The van der Waals surface area contributed by atoms with Crippen LogP contribution in [0.2, 0.25) is 0 Å². The highest BCUT2D eigenvalue weighted by molar-refractivity contribution is 6.28. The van der Waals surface area contributed by atoms with Crippen molar-refractivity contribution >= 4 is 54.5 Å². The third-order valence-corrected chi connectivity index (χ3v) is 9.72. The van der Waals surface area contributed by atoms with Crippen molar-refractivity contribution in [2.24, 2.45) is 0 Å². The number of rotatable bonds is 5. The predicted octanol–water partition coefficient (Wildman–Crippen LogP) is 12.8. The third-order valence-electron chi connectivity index (χ3n) is 9.72. The first kappa shape index (κ1) is 19.0. The van der Waals surface area contributed by atoms with E-state index in [2.05, 4.69) is 0 Å². The molecule has 0 amide bonds. The van der Waals surface area contributed by atoms with Gasteiger partial charge >= 0.3 is 0 Å². The lowest BCUT2D eigenvalue weighted by Gasteiger charge is -2.11. The molecule has 11 aromatic rings. The summed E-state index contributed by atoms with van der Waals surface area (Å²) in [5.41, 5.74) is 3.92. The number of para-hydroxylation sites is 4. The Morgan fingerprint density at radius 1 is 0.370 bits per heavy atom. The Kier molecular flexibility index (Phi) is 4.27. The molecular formula is C50H32N4. The number of benzene rings is 8. The number of hydrogen-bond donors (Lipinski definition) is 0. The highest BCUT2D eigenvalue weighted by atomic mass is 15.0. The number of aromatic nitrogens is 4. The van der Waals surface area contributed by atoms with Gasteiger partial charge < -0.3 is 9.13 Å². The molecule has 0 N–H and O–H groups in total. The van der Waals surface area contributed by atoms with Crippen LogP contribution in [0.1, 0.15) is 20.6 Å². The van der Waals surface area contributed by atoms with Gasteiger partial charge in [0, 0.05) is 49.4 Å². The Morgan fingerprint density at radius 2 is 0.907 bits per heavy atom. The molecule has 11 rings (SSSR count). The van der Waals surface area contributed by atoms with Crippen molar-refractivity contribution in [3.63, 3.8) is 0 Å². The average Bonchev–Trinajstić information content (AvgIpc) is 3.91. The molecule has 4 nitrogen and oxygen atoms in total. The van der Waals surface area contributed by atoms with Crippen LogP contribution in [0.3, 0.4) is 0 Å². The SMILES string of the molecule is [2H]c1c([2H])c([2H])c(-n2c3c([2H])c([2H])c([2H])c([2H])c3c3c4c5c([2H])c([2H])c([2H])c([2H])c5n(-c5ccc(-c6ccc(-c7nc(-c8ccccc8)c8ccccc8n7)cc6)cc5)c4c([2H])c([2H])c32)c([2H])c1[2H]. The van der Waals surface area contributed by atoms with Crippen LogP contribution in [0.15, 0.2) is 194 Å². The fourth-order valence-corrected chi connectivity index (χ4v) is 7.31. The maximum absolute atomic E-state index is 9.65. The van der Waals surface area contributed by atoms with Crippen LogP contribution in [0, 0.1) is 0 Å². The van der Waals surface area contributed by atoms with Gasteiger partial charge in [-0.15, -0.1) is 0 Å². The molecule has 8 aromatic carbocycles. The molecule has 0 saturated heterocycles. The van der Waals surface area contributed by atoms with Gasteiger partial charge in [0.05, 0.1) is 53.8 Å². The molecule has 0 unspecified atom stereocenters. The molecule has 3 aromatic heterocycles. The van der Waals surface area contributed by atoms with Crippen molar-refractivity contribution in [3.05, 3.63) is 194 Å². The Hall–Kier alpha value is -7.30. The summed E-state index contributed by atoms with van der Waals surface area (Å²) in [7, 11) is 0. The molecule has 0 saturated carbocycles. The van der Waals surface area contributed by atoms with Crippen LogP contribution >= 0.6 is 0 Å². The van der Waals surface area contributed by atoms with E-state index in [0.717, 1.165) is 43.4 Å². The summed E-state index contributed by atoms with van der Waals surface area (Å²) >= 11 is 0. The fraction of sp³-hybridized carbons (Fsp3) is 0. The zero-order valence-corrected chi connectivity index (χ0v) is 28.1. The summed E-state index contributed by atoms with van der Waals surface area (Å²) in [6, 6.07) is 22.8. The van der Waals surface area contributed by atoms with E-state index in [0.29, 0.717) is 11.5 Å². The number of hydrogen-bond acceptors (Lipinski definition) is 2. The maximum Gasteiger partial charge on any atom is 0.160 e. The maximum atomic E-state index is 9.65. The van der Waals surface area contributed by atoms with Crippen LogP contribution in [-0.4, -0.2) is 19.1 Å². The molecule has 0 bridgehead atoms. The van der Waals surface area contributed by atoms with Crippen molar-refractivity contribution in [2.45, 2.75) is 0 Å². The lowest BCUT2D eigenvalue weighted by Crippen LogP contribution is -1.95. The van der Waals surface area contributed by atoms with Gasteiger partial charge in [-0.05, 0) is 65.6 Å². The van der Waals surface area contributed by atoms with Gasteiger partial charge in [0.25, 0.3) is 0 Å². The Labute approximate surface area is 332 Å². The summed E-state index contributed by atoms with van der Waals surface area (Å²) in [5.74, 6) is 0.548. The van der Waals surface area contributed by atoms with Gasteiger partial charge in [0.1, 0.15) is 0 Å². The highest BCUT2D eigenvalue weighted by Gasteiger charge is 2.20. The minimum Gasteiger partial charge on any atom is -0.309 e. The predicted molar refractivity (Wildman–Crippen MR) is 225 cm³/mol. The summed E-state index contributed by atoms with van der Waals surface area (Å²) in [6.45, 7) is 0. The van der Waals surface area contributed by atoms with E-state index in [-0.39, 0.29) is 43.6 Å². The molecule has 0 spiro atoms. The van der Waals surface area contributed by atoms with Crippen molar-refractivity contribution in [1.82, 2.24) is 19.1 Å². The first-order chi connectivity index (χ1) is 33.0. The van der Waals surface area contributed by atoms with E-state index in [1.807, 2.05) is 78.9 Å². The summed E-state index contributed by atoms with van der Waals surface area (Å²) in [5, 5.41) is 0.388. The molecule has 0 fully saturated rings. The monoisotopic (exact) mass is 703 g/mol. The summed E-state index contributed by atoms with van der Waals surface area (Å²) in [6.07, 6.45) is 0. The first-order valence-electron chi connectivity index (χ1n) is 24.6. The Balaban J connectivity index is 1.15. The molecule has 54 heavy (non-hydrogen) atoms. The molecular weight excluding hydrogens is 657 g/mol. The fourth-order valence-electron chi connectivity index (χ4n) is 7.31. The smallest absolute Gasteiger partial charge is 0.160 e. The number of nitrogens with zero attached hydrogens (tertiary/aromatic N) is 4. The lowest BCUT2D eigenvalue weighted by molar-refractivity contribution is 1.17. The van der Waals surface area contributed by atoms with Gasteiger partial charge in [-0.3, -0.25) is 0 Å². The third kappa shape index (κ3) is 4.70. The second-order valence-corrected chi connectivity index (χ2v) is 12.7. The second-order valence-electron chi connectivity index (χ2n) is 12.7. The Bertz CT molecular complexity index is 4030. The van der Waals surface area contributed by atoms with Crippen LogP contribution in [-0.2, 0) is 0 Å². The van der Waals surface area contributed by atoms with E-state index < -0.39 is 96.3 Å². The highest BCUT2D eigenvalue weighted by Crippen LogP contribution is 2.42. The first-order valence-corrected chi connectivity index (χ1v) is 17.1. The summed E-state index contributed by atoms with van der Waals surface area (Å²) in [4.78, 5) is 9.86. The van der Waals surface area contributed by atoms with Crippen LogP contribution in [0.5, 0.6) is 0 Å². The molecule has 0 aliphatic rings. The van der Waals surface area contributed by atoms with Crippen LogP contribution < -0.4 is 0 Å². The summed E-state index contributed by atoms with van der Waals surface area (Å²) < 4.78 is 137. The molecule has 252 valence electrons. The molecule has 0 radical (unpaired) electrons. The topological polar surface area (TPSA) is 35.6 Å². The van der Waals surface area contributed by atoms with Gasteiger partial charge in [-0.2, -0.15) is 0 Å². The zero-order chi connectivity index (χ0) is 48.6. The van der Waals surface area contributed by atoms with Gasteiger partial charge in [-0.25, -0.2) is 9.97 Å². The molecule has 0 aliphatic heterocycles.